The molecule has 2 atom stereocenters. The van der Waals surface area contributed by atoms with Crippen LogP contribution in [0.2, 0.25) is 0 Å². The van der Waals surface area contributed by atoms with Crippen molar-refractivity contribution < 1.29 is 26.7 Å². The van der Waals surface area contributed by atoms with E-state index in [-0.39, 0.29) is 41.6 Å². The lowest BCUT2D eigenvalue weighted by Gasteiger charge is -2.36. The van der Waals surface area contributed by atoms with Gasteiger partial charge in [-0.15, -0.1) is 0 Å². The van der Waals surface area contributed by atoms with Gasteiger partial charge in [-0.1, -0.05) is 12.1 Å². The van der Waals surface area contributed by atoms with Gasteiger partial charge in [0.15, 0.2) is 0 Å². The molecular formula is C23H23F3N6O3S. The standard InChI is InChI=1S/C23H23F3N6O3S/c1-14-9-16(23(24,25)26)11-29-22(14)30-18-7-8-32(13-20(18)33)36(34,35)17-5-3-15(4-6-17)19-12-28-21(10-27)31(19)2/h3-6,9,11-12,18,20,33H,7-8,13H2,1-2H3,(H,29,30)/t18-,20+/m1/s1. The summed E-state index contributed by atoms with van der Waals surface area (Å²) in [5.41, 5.74) is 0.743. The monoisotopic (exact) mass is 520 g/mol. The number of β-amino-alcohol motifs (C(OH)–C–C–N with tert-alkyl or cyclic N) is 1. The summed E-state index contributed by atoms with van der Waals surface area (Å²) < 4.78 is 67.7. The maximum absolute atomic E-state index is 13.2. The first-order valence-corrected chi connectivity index (χ1v) is 12.4. The summed E-state index contributed by atoms with van der Waals surface area (Å²) in [5, 5.41) is 22.6. The molecule has 0 bridgehead atoms. The van der Waals surface area contributed by atoms with Crippen molar-refractivity contribution in [1.29, 1.82) is 5.26 Å². The molecule has 1 aliphatic heterocycles. The Morgan fingerprint density at radius 2 is 1.89 bits per heavy atom. The van der Waals surface area contributed by atoms with Gasteiger partial charge in [0.25, 0.3) is 0 Å². The third-order valence-corrected chi connectivity index (χ3v) is 8.03. The molecule has 2 N–H and O–H groups in total. The molecule has 0 spiro atoms. The SMILES string of the molecule is Cc1cc(C(F)(F)F)cnc1N[C@@H]1CCN(S(=O)(=O)c2ccc(-c3cnc(C#N)n3C)cc2)C[C@@H]1O. The number of nitrogens with one attached hydrogen (secondary N) is 1. The average molecular weight is 521 g/mol. The number of pyridine rings is 1. The normalized spacial score (nSPS) is 19.1. The van der Waals surface area contributed by atoms with Crippen LogP contribution < -0.4 is 5.32 Å². The third-order valence-electron chi connectivity index (χ3n) is 6.15. The lowest BCUT2D eigenvalue weighted by molar-refractivity contribution is -0.137. The minimum atomic E-state index is -4.51. The van der Waals surface area contributed by atoms with Crippen LogP contribution in [0.1, 0.15) is 23.4 Å². The van der Waals surface area contributed by atoms with Crippen molar-refractivity contribution in [2.24, 2.45) is 7.05 Å². The number of halogens is 3. The van der Waals surface area contributed by atoms with Crippen molar-refractivity contribution in [1.82, 2.24) is 18.8 Å². The largest absolute Gasteiger partial charge is 0.417 e. The molecule has 0 aliphatic carbocycles. The van der Waals surface area contributed by atoms with Gasteiger partial charge in [0.05, 0.1) is 34.5 Å². The lowest BCUT2D eigenvalue weighted by Crippen LogP contribution is -2.51. The first-order chi connectivity index (χ1) is 16.9. The van der Waals surface area contributed by atoms with Gasteiger partial charge in [0.2, 0.25) is 15.8 Å². The van der Waals surface area contributed by atoms with Gasteiger partial charge in [-0.3, -0.25) is 0 Å². The minimum absolute atomic E-state index is 0.0489. The van der Waals surface area contributed by atoms with Crippen LogP contribution in [0.5, 0.6) is 0 Å². The third kappa shape index (κ3) is 4.92. The molecule has 1 aromatic carbocycles. The number of piperidine rings is 1. The number of aromatic nitrogens is 3. The molecule has 4 rings (SSSR count). The molecular weight excluding hydrogens is 497 g/mol. The zero-order chi connectivity index (χ0) is 26.3. The van der Waals surface area contributed by atoms with Crippen molar-refractivity contribution in [3.05, 3.63) is 59.7 Å². The van der Waals surface area contributed by atoms with Gasteiger partial charge in [0.1, 0.15) is 11.9 Å². The molecule has 1 fully saturated rings. The number of anilines is 1. The number of hydrogen-bond donors (Lipinski definition) is 2. The summed E-state index contributed by atoms with van der Waals surface area (Å²) in [7, 11) is -2.21. The molecule has 190 valence electrons. The Morgan fingerprint density at radius 1 is 1.19 bits per heavy atom. The molecule has 3 heterocycles. The van der Waals surface area contributed by atoms with Gasteiger partial charge < -0.3 is 15.0 Å². The number of hydrogen-bond acceptors (Lipinski definition) is 7. The fraction of sp³-hybridized carbons (Fsp3) is 0.348. The second kappa shape index (κ2) is 9.53. The first kappa shape index (κ1) is 25.6. The van der Waals surface area contributed by atoms with E-state index in [9.17, 15) is 26.7 Å². The van der Waals surface area contributed by atoms with Crippen LogP contribution in [0.4, 0.5) is 19.0 Å². The van der Waals surface area contributed by atoms with Crippen LogP contribution in [0.25, 0.3) is 11.3 Å². The highest BCUT2D eigenvalue weighted by atomic mass is 32.2. The Labute approximate surface area is 205 Å². The van der Waals surface area contributed by atoms with Gasteiger partial charge in [-0.05, 0) is 42.7 Å². The second-order valence-electron chi connectivity index (χ2n) is 8.52. The first-order valence-electron chi connectivity index (χ1n) is 10.9. The molecule has 0 unspecified atom stereocenters. The van der Waals surface area contributed by atoms with Gasteiger partial charge in [-0.25, -0.2) is 18.4 Å². The van der Waals surface area contributed by atoms with Crippen LogP contribution in [-0.4, -0.2) is 57.6 Å². The van der Waals surface area contributed by atoms with E-state index < -0.39 is 33.9 Å². The maximum atomic E-state index is 13.2. The Bertz CT molecular complexity index is 1410. The molecule has 36 heavy (non-hydrogen) atoms. The van der Waals surface area contributed by atoms with E-state index in [1.807, 2.05) is 6.07 Å². The van der Waals surface area contributed by atoms with E-state index in [4.69, 9.17) is 5.26 Å². The predicted molar refractivity (Wildman–Crippen MR) is 124 cm³/mol. The highest BCUT2D eigenvalue weighted by Crippen LogP contribution is 2.31. The van der Waals surface area contributed by atoms with E-state index in [1.165, 1.54) is 29.6 Å². The number of nitriles is 1. The summed E-state index contributed by atoms with van der Waals surface area (Å²) in [6.45, 7) is 1.40. The van der Waals surface area contributed by atoms with Crippen molar-refractivity contribution in [2.75, 3.05) is 18.4 Å². The predicted octanol–water partition coefficient (Wildman–Crippen LogP) is 2.92. The fourth-order valence-corrected chi connectivity index (χ4v) is 5.55. The molecule has 0 saturated carbocycles. The van der Waals surface area contributed by atoms with E-state index in [0.717, 1.165) is 12.3 Å². The van der Waals surface area contributed by atoms with E-state index in [1.54, 1.807) is 23.7 Å². The smallest absolute Gasteiger partial charge is 0.390 e. The quantitative estimate of drug-likeness (QED) is 0.530. The highest BCUT2D eigenvalue weighted by molar-refractivity contribution is 7.89. The van der Waals surface area contributed by atoms with Gasteiger partial charge in [0, 0.05) is 26.3 Å². The maximum Gasteiger partial charge on any atom is 0.417 e. The molecule has 1 saturated heterocycles. The number of imidazole rings is 1. The molecule has 13 heteroatoms. The molecule has 9 nitrogen and oxygen atoms in total. The van der Waals surface area contributed by atoms with E-state index in [0.29, 0.717) is 11.3 Å². The molecule has 0 amide bonds. The zero-order valence-corrected chi connectivity index (χ0v) is 20.2. The number of sulfonamides is 1. The minimum Gasteiger partial charge on any atom is -0.390 e. The van der Waals surface area contributed by atoms with Gasteiger partial charge >= 0.3 is 6.18 Å². The Kier molecular flexibility index (Phi) is 6.78. The van der Waals surface area contributed by atoms with E-state index in [2.05, 4.69) is 15.3 Å². The van der Waals surface area contributed by atoms with Crippen molar-refractivity contribution in [2.45, 2.75) is 36.6 Å². The summed E-state index contributed by atoms with van der Waals surface area (Å²) in [6, 6.07) is 8.51. The number of aryl methyl sites for hydroxylation is 1. The topological polar surface area (TPSA) is 124 Å². The lowest BCUT2D eigenvalue weighted by atomic mass is 10.0. The summed E-state index contributed by atoms with van der Waals surface area (Å²) in [4.78, 5) is 7.89. The fourth-order valence-electron chi connectivity index (χ4n) is 4.07. The summed E-state index contributed by atoms with van der Waals surface area (Å²) in [6.07, 6.45) is -3.13. The Morgan fingerprint density at radius 3 is 2.44 bits per heavy atom. The van der Waals surface area contributed by atoms with Gasteiger partial charge in [-0.2, -0.15) is 22.7 Å². The molecule has 1 aliphatic rings. The highest BCUT2D eigenvalue weighted by Gasteiger charge is 2.36. The number of aliphatic hydroxyl groups excluding tert-OH is 1. The number of alkyl halides is 3. The number of nitrogens with zero attached hydrogens (tertiary/aromatic N) is 5. The second-order valence-corrected chi connectivity index (χ2v) is 10.5. The zero-order valence-electron chi connectivity index (χ0n) is 19.4. The molecule has 3 aromatic rings. The Balaban J connectivity index is 1.45. The van der Waals surface area contributed by atoms with Crippen LogP contribution in [0.15, 0.2) is 47.6 Å². The molecule has 0 radical (unpaired) electrons. The average Bonchev–Trinajstić information content (AvgIpc) is 3.21. The number of aliphatic hydroxyl groups is 1. The summed E-state index contributed by atoms with van der Waals surface area (Å²) in [5.74, 6) is 0.433. The van der Waals surface area contributed by atoms with Crippen LogP contribution in [-0.2, 0) is 23.2 Å². The van der Waals surface area contributed by atoms with Crippen LogP contribution >= 0.6 is 0 Å². The van der Waals surface area contributed by atoms with Crippen molar-refractivity contribution in [3.8, 4) is 17.3 Å². The number of benzene rings is 1. The van der Waals surface area contributed by atoms with Crippen LogP contribution in [0, 0.1) is 18.3 Å². The van der Waals surface area contributed by atoms with E-state index >= 15 is 0 Å². The number of rotatable bonds is 5. The van der Waals surface area contributed by atoms with Crippen LogP contribution in [0.3, 0.4) is 0 Å². The summed E-state index contributed by atoms with van der Waals surface area (Å²) >= 11 is 0. The van der Waals surface area contributed by atoms with Crippen molar-refractivity contribution in [3.63, 3.8) is 0 Å². The Hall–Kier alpha value is -3.47. The molecule has 2 aromatic heterocycles. The van der Waals surface area contributed by atoms with Crippen molar-refractivity contribution >= 4 is 15.8 Å².